The third-order valence-corrected chi connectivity index (χ3v) is 4.47. The highest BCUT2D eigenvalue weighted by atomic mass is 35.5. The number of hydrogen-bond donors (Lipinski definition) is 1. The van der Waals surface area contributed by atoms with E-state index in [4.69, 9.17) is 16.3 Å². The number of anilines is 2. The largest absolute Gasteiger partial charge is 0.495 e. The molecule has 0 spiro atoms. The first-order valence-electron chi connectivity index (χ1n) is 7.97. The van der Waals surface area contributed by atoms with Crippen molar-refractivity contribution in [2.24, 2.45) is 0 Å². The SMILES string of the molecule is COc1ccccc1NC(=O)N1CCN(c2ccc(F)c(Cl)c2)CC1. The summed E-state index contributed by atoms with van der Waals surface area (Å²) in [5.74, 6) is 0.190. The van der Waals surface area contributed by atoms with Crippen molar-refractivity contribution < 1.29 is 13.9 Å². The van der Waals surface area contributed by atoms with Gasteiger partial charge in [-0.25, -0.2) is 9.18 Å². The van der Waals surface area contributed by atoms with Crippen LogP contribution in [0, 0.1) is 5.82 Å². The lowest BCUT2D eigenvalue weighted by molar-refractivity contribution is 0.208. The van der Waals surface area contributed by atoms with Crippen LogP contribution in [0.1, 0.15) is 0 Å². The van der Waals surface area contributed by atoms with Crippen LogP contribution >= 0.6 is 11.6 Å². The molecule has 25 heavy (non-hydrogen) atoms. The third kappa shape index (κ3) is 3.96. The number of ether oxygens (including phenoxy) is 1. The van der Waals surface area contributed by atoms with E-state index >= 15 is 0 Å². The molecule has 132 valence electrons. The third-order valence-electron chi connectivity index (χ3n) is 4.18. The molecular formula is C18H19ClFN3O2. The molecule has 0 radical (unpaired) electrons. The summed E-state index contributed by atoms with van der Waals surface area (Å²) in [5.41, 5.74) is 1.50. The van der Waals surface area contributed by atoms with E-state index in [0.717, 1.165) is 5.69 Å². The van der Waals surface area contributed by atoms with Gasteiger partial charge in [0.25, 0.3) is 0 Å². The van der Waals surface area contributed by atoms with Crippen molar-refractivity contribution in [3.05, 3.63) is 53.3 Å². The Labute approximate surface area is 150 Å². The highest BCUT2D eigenvalue weighted by Crippen LogP contribution is 2.25. The number of carbonyl (C=O) groups excluding carboxylic acids is 1. The van der Waals surface area contributed by atoms with Gasteiger partial charge in [0.1, 0.15) is 11.6 Å². The zero-order chi connectivity index (χ0) is 17.8. The molecule has 0 atom stereocenters. The number of methoxy groups -OCH3 is 1. The van der Waals surface area contributed by atoms with Crippen molar-refractivity contribution in [1.29, 1.82) is 0 Å². The molecule has 0 unspecified atom stereocenters. The van der Waals surface area contributed by atoms with E-state index in [1.54, 1.807) is 36.3 Å². The van der Waals surface area contributed by atoms with Crippen LogP contribution in [0.15, 0.2) is 42.5 Å². The van der Waals surface area contributed by atoms with Gasteiger partial charge in [0.2, 0.25) is 0 Å². The zero-order valence-electron chi connectivity index (χ0n) is 13.8. The number of urea groups is 1. The van der Waals surface area contributed by atoms with Crippen LogP contribution in [0.25, 0.3) is 0 Å². The van der Waals surface area contributed by atoms with Gasteiger partial charge in [-0.2, -0.15) is 0 Å². The van der Waals surface area contributed by atoms with Crippen molar-refractivity contribution in [2.75, 3.05) is 43.5 Å². The maximum atomic E-state index is 13.3. The van der Waals surface area contributed by atoms with Gasteiger partial charge in [0.05, 0.1) is 17.8 Å². The van der Waals surface area contributed by atoms with Gasteiger partial charge in [0.15, 0.2) is 0 Å². The summed E-state index contributed by atoms with van der Waals surface area (Å²) >= 11 is 5.84. The summed E-state index contributed by atoms with van der Waals surface area (Å²) in [5, 5.41) is 2.98. The Bertz CT molecular complexity index is 764. The van der Waals surface area contributed by atoms with Crippen LogP contribution in [0.4, 0.5) is 20.6 Å². The Morgan fingerprint density at radius 3 is 2.56 bits per heavy atom. The number of hydrogen-bond acceptors (Lipinski definition) is 3. The fraction of sp³-hybridized carbons (Fsp3) is 0.278. The van der Waals surface area contributed by atoms with Gasteiger partial charge < -0.3 is 19.9 Å². The van der Waals surface area contributed by atoms with E-state index in [-0.39, 0.29) is 11.1 Å². The van der Waals surface area contributed by atoms with Crippen molar-refractivity contribution in [1.82, 2.24) is 4.90 Å². The standard InChI is InChI=1S/C18H19ClFN3O2/c1-25-17-5-3-2-4-16(17)21-18(24)23-10-8-22(9-11-23)13-6-7-15(20)14(19)12-13/h2-7,12H,8-11H2,1H3,(H,21,24). The van der Waals surface area contributed by atoms with Gasteiger partial charge >= 0.3 is 6.03 Å². The molecular weight excluding hydrogens is 345 g/mol. The fourth-order valence-electron chi connectivity index (χ4n) is 2.79. The number of halogens is 2. The van der Waals surface area contributed by atoms with Crippen molar-refractivity contribution >= 4 is 29.0 Å². The highest BCUT2D eigenvalue weighted by molar-refractivity contribution is 6.31. The van der Waals surface area contributed by atoms with Crippen LogP contribution in [-0.4, -0.2) is 44.2 Å². The van der Waals surface area contributed by atoms with E-state index in [2.05, 4.69) is 10.2 Å². The summed E-state index contributed by atoms with van der Waals surface area (Å²) in [6.45, 7) is 2.44. The maximum absolute atomic E-state index is 13.3. The van der Waals surface area contributed by atoms with Crippen molar-refractivity contribution in [2.45, 2.75) is 0 Å². The number of benzene rings is 2. The molecule has 1 aliphatic heterocycles. The summed E-state index contributed by atoms with van der Waals surface area (Å²) in [7, 11) is 1.57. The second kappa shape index (κ2) is 7.61. The molecule has 1 saturated heterocycles. The molecule has 0 bridgehead atoms. The quantitative estimate of drug-likeness (QED) is 0.901. The molecule has 2 aromatic carbocycles. The van der Waals surface area contributed by atoms with Crippen LogP contribution in [0.2, 0.25) is 5.02 Å². The van der Waals surface area contributed by atoms with Crippen molar-refractivity contribution in [3.8, 4) is 5.75 Å². The lowest BCUT2D eigenvalue weighted by Gasteiger charge is -2.36. The number of nitrogens with one attached hydrogen (secondary N) is 1. The molecule has 5 nitrogen and oxygen atoms in total. The first kappa shape index (κ1) is 17.4. The summed E-state index contributed by atoms with van der Waals surface area (Å²) in [6, 6.07) is 11.8. The molecule has 3 rings (SSSR count). The predicted octanol–water partition coefficient (Wildman–Crippen LogP) is 3.84. The van der Waals surface area contributed by atoms with E-state index in [1.807, 2.05) is 12.1 Å². The second-order valence-electron chi connectivity index (χ2n) is 5.70. The lowest BCUT2D eigenvalue weighted by atomic mass is 10.2. The first-order chi connectivity index (χ1) is 12.1. The number of piperazine rings is 1. The van der Waals surface area contributed by atoms with Crippen LogP contribution < -0.4 is 15.0 Å². The van der Waals surface area contributed by atoms with Crippen LogP contribution in [-0.2, 0) is 0 Å². The molecule has 0 saturated carbocycles. The first-order valence-corrected chi connectivity index (χ1v) is 8.35. The average molecular weight is 364 g/mol. The fourth-order valence-corrected chi connectivity index (χ4v) is 2.97. The normalized spacial score (nSPS) is 14.4. The number of amides is 2. The maximum Gasteiger partial charge on any atom is 0.322 e. The minimum Gasteiger partial charge on any atom is -0.495 e. The Hall–Kier alpha value is -2.47. The summed E-state index contributed by atoms with van der Waals surface area (Å²) in [6.07, 6.45) is 0. The molecule has 1 aliphatic rings. The Morgan fingerprint density at radius 1 is 1.16 bits per heavy atom. The molecule has 0 aromatic heterocycles. The van der Waals surface area contributed by atoms with E-state index in [9.17, 15) is 9.18 Å². The van der Waals surface area contributed by atoms with E-state index in [1.165, 1.54) is 6.07 Å². The second-order valence-corrected chi connectivity index (χ2v) is 6.11. The summed E-state index contributed by atoms with van der Waals surface area (Å²) in [4.78, 5) is 16.3. The van der Waals surface area contributed by atoms with Crippen LogP contribution in [0.3, 0.4) is 0 Å². The predicted molar refractivity (Wildman–Crippen MR) is 97.2 cm³/mol. The van der Waals surface area contributed by atoms with Gasteiger partial charge in [0, 0.05) is 31.9 Å². The molecule has 2 amide bonds. The lowest BCUT2D eigenvalue weighted by Crippen LogP contribution is -2.50. The smallest absolute Gasteiger partial charge is 0.322 e. The minimum absolute atomic E-state index is 0.105. The zero-order valence-corrected chi connectivity index (χ0v) is 14.6. The van der Waals surface area contributed by atoms with E-state index in [0.29, 0.717) is 37.6 Å². The van der Waals surface area contributed by atoms with Gasteiger partial charge in [-0.15, -0.1) is 0 Å². The number of carbonyl (C=O) groups is 1. The monoisotopic (exact) mass is 363 g/mol. The molecule has 1 heterocycles. The molecule has 1 fully saturated rings. The number of nitrogens with zero attached hydrogens (tertiary/aromatic N) is 2. The van der Waals surface area contributed by atoms with Gasteiger partial charge in [-0.3, -0.25) is 0 Å². The minimum atomic E-state index is -0.430. The van der Waals surface area contributed by atoms with E-state index < -0.39 is 5.82 Å². The number of rotatable bonds is 3. The Balaban J connectivity index is 1.60. The Kier molecular flexibility index (Phi) is 5.28. The number of para-hydroxylation sites is 2. The topological polar surface area (TPSA) is 44.8 Å². The van der Waals surface area contributed by atoms with Gasteiger partial charge in [-0.05, 0) is 30.3 Å². The Morgan fingerprint density at radius 2 is 1.88 bits per heavy atom. The van der Waals surface area contributed by atoms with Gasteiger partial charge in [-0.1, -0.05) is 23.7 Å². The molecule has 0 aliphatic carbocycles. The summed E-state index contributed by atoms with van der Waals surface area (Å²) < 4.78 is 18.5. The molecule has 1 N–H and O–H groups in total. The average Bonchev–Trinajstić information content (AvgIpc) is 2.64. The molecule has 7 heteroatoms. The highest BCUT2D eigenvalue weighted by Gasteiger charge is 2.22. The molecule has 2 aromatic rings. The van der Waals surface area contributed by atoms with Crippen LogP contribution in [0.5, 0.6) is 5.75 Å². The van der Waals surface area contributed by atoms with Crippen molar-refractivity contribution in [3.63, 3.8) is 0 Å².